The number of aliphatic hydroxyl groups excluding tert-OH is 1. The van der Waals surface area contributed by atoms with Crippen LogP contribution in [-0.4, -0.2) is 11.7 Å². The van der Waals surface area contributed by atoms with Gasteiger partial charge in [-0.1, -0.05) is 20.3 Å². The number of aliphatic hydroxyl groups is 1. The van der Waals surface area contributed by atoms with E-state index < -0.39 is 0 Å². The lowest BCUT2D eigenvalue weighted by Gasteiger charge is -2.07. The second-order valence-electron chi connectivity index (χ2n) is 2.90. The van der Waals surface area contributed by atoms with Crippen molar-refractivity contribution < 1.29 is 5.11 Å². The highest BCUT2D eigenvalue weighted by molar-refractivity contribution is 4.66. The largest absolute Gasteiger partial charge is 0.396 e. The van der Waals surface area contributed by atoms with Crippen LogP contribution < -0.4 is 0 Å². The molecule has 0 amide bonds. The van der Waals surface area contributed by atoms with Crippen LogP contribution >= 0.6 is 0 Å². The fraction of sp³-hybridized carbons (Fsp3) is 0.889. The SMILES string of the molecule is CC[CH]CC(C)CCCO. The summed E-state index contributed by atoms with van der Waals surface area (Å²) in [7, 11) is 0. The molecule has 0 bridgehead atoms. The molecule has 10 heavy (non-hydrogen) atoms. The Balaban J connectivity index is 3.00. The summed E-state index contributed by atoms with van der Waals surface area (Å²) >= 11 is 0. The third-order valence-corrected chi connectivity index (χ3v) is 1.71. The zero-order chi connectivity index (χ0) is 7.82. The van der Waals surface area contributed by atoms with Crippen LogP contribution in [0, 0.1) is 12.3 Å². The van der Waals surface area contributed by atoms with Crippen molar-refractivity contribution in [2.75, 3.05) is 6.61 Å². The van der Waals surface area contributed by atoms with E-state index in [1.54, 1.807) is 0 Å². The van der Waals surface area contributed by atoms with Crippen LogP contribution in [0.1, 0.15) is 39.5 Å². The summed E-state index contributed by atoms with van der Waals surface area (Å²) in [5.74, 6) is 0.757. The zero-order valence-electron chi connectivity index (χ0n) is 7.14. The van der Waals surface area contributed by atoms with Crippen LogP contribution in [0.3, 0.4) is 0 Å². The van der Waals surface area contributed by atoms with E-state index in [0.29, 0.717) is 6.61 Å². The molecule has 0 aliphatic rings. The molecule has 0 saturated carbocycles. The molecular weight excluding hydrogens is 124 g/mol. The van der Waals surface area contributed by atoms with Crippen molar-refractivity contribution in [3.8, 4) is 0 Å². The highest BCUT2D eigenvalue weighted by Crippen LogP contribution is 2.12. The molecule has 61 valence electrons. The van der Waals surface area contributed by atoms with Crippen LogP contribution in [0.25, 0.3) is 0 Å². The first kappa shape index (κ1) is 9.96. The standard InChI is InChI=1S/C9H19O/c1-3-4-6-9(2)7-5-8-10/h4,9-10H,3,5-8H2,1-2H3. The van der Waals surface area contributed by atoms with Crippen LogP contribution in [0.15, 0.2) is 0 Å². The van der Waals surface area contributed by atoms with Crippen LogP contribution in [0.2, 0.25) is 0 Å². The summed E-state index contributed by atoms with van der Waals surface area (Å²) in [6, 6.07) is 0. The molecule has 1 radical (unpaired) electrons. The molecule has 1 heteroatoms. The zero-order valence-corrected chi connectivity index (χ0v) is 7.14. The first-order valence-corrected chi connectivity index (χ1v) is 4.23. The van der Waals surface area contributed by atoms with Crippen LogP contribution in [0.4, 0.5) is 0 Å². The van der Waals surface area contributed by atoms with E-state index in [1.807, 2.05) is 0 Å². The number of hydrogen-bond acceptors (Lipinski definition) is 1. The van der Waals surface area contributed by atoms with E-state index in [4.69, 9.17) is 5.11 Å². The van der Waals surface area contributed by atoms with E-state index in [9.17, 15) is 0 Å². The molecule has 0 aliphatic carbocycles. The van der Waals surface area contributed by atoms with Crippen molar-refractivity contribution in [2.24, 2.45) is 5.92 Å². The Hall–Kier alpha value is -0.0400. The van der Waals surface area contributed by atoms with E-state index in [1.165, 1.54) is 12.8 Å². The second kappa shape index (κ2) is 7.07. The molecule has 1 nitrogen and oxygen atoms in total. The van der Waals surface area contributed by atoms with Crippen LogP contribution in [0.5, 0.6) is 0 Å². The first-order chi connectivity index (χ1) is 4.81. The van der Waals surface area contributed by atoms with Crippen molar-refractivity contribution in [2.45, 2.75) is 39.5 Å². The lowest BCUT2D eigenvalue weighted by Crippen LogP contribution is -1.96. The molecule has 0 saturated heterocycles. The molecule has 0 aromatic rings. The molecule has 1 unspecified atom stereocenters. The Kier molecular flexibility index (Phi) is 7.04. The van der Waals surface area contributed by atoms with Crippen molar-refractivity contribution in [1.82, 2.24) is 0 Å². The maximum atomic E-state index is 8.53. The molecule has 1 atom stereocenters. The van der Waals surface area contributed by atoms with Gasteiger partial charge in [0.05, 0.1) is 0 Å². The minimum atomic E-state index is 0.344. The Bertz CT molecular complexity index is 53.7. The van der Waals surface area contributed by atoms with Crippen molar-refractivity contribution >= 4 is 0 Å². The molecule has 0 aliphatic heterocycles. The lowest BCUT2D eigenvalue weighted by molar-refractivity contribution is 0.273. The third-order valence-electron chi connectivity index (χ3n) is 1.71. The quantitative estimate of drug-likeness (QED) is 0.605. The number of rotatable bonds is 6. The normalized spacial score (nSPS) is 13.5. The number of unbranched alkanes of at least 4 members (excludes halogenated alkanes) is 1. The summed E-state index contributed by atoms with van der Waals surface area (Å²) in [6.45, 7) is 4.75. The fourth-order valence-corrected chi connectivity index (χ4v) is 1.01. The lowest BCUT2D eigenvalue weighted by atomic mass is 9.99. The second-order valence-corrected chi connectivity index (χ2v) is 2.90. The topological polar surface area (TPSA) is 20.2 Å². The van der Waals surface area contributed by atoms with Gasteiger partial charge >= 0.3 is 0 Å². The minimum Gasteiger partial charge on any atom is -0.396 e. The first-order valence-electron chi connectivity index (χ1n) is 4.23. The van der Waals surface area contributed by atoms with E-state index in [2.05, 4.69) is 20.3 Å². The summed E-state index contributed by atoms with van der Waals surface area (Å²) in [4.78, 5) is 0. The maximum Gasteiger partial charge on any atom is 0.0431 e. The number of hydrogen-bond donors (Lipinski definition) is 1. The van der Waals surface area contributed by atoms with Crippen LogP contribution in [-0.2, 0) is 0 Å². The van der Waals surface area contributed by atoms with Gasteiger partial charge < -0.3 is 5.11 Å². The average Bonchev–Trinajstić information content (AvgIpc) is 1.97. The Labute approximate surface area is 64.5 Å². The predicted octanol–water partition coefficient (Wildman–Crippen LogP) is 2.40. The molecule has 0 aromatic carbocycles. The third kappa shape index (κ3) is 6.09. The van der Waals surface area contributed by atoms with E-state index >= 15 is 0 Å². The van der Waals surface area contributed by atoms with Gasteiger partial charge in [0.25, 0.3) is 0 Å². The smallest absolute Gasteiger partial charge is 0.0431 e. The molecular formula is C9H19O. The predicted molar refractivity (Wildman–Crippen MR) is 44.7 cm³/mol. The van der Waals surface area contributed by atoms with Crippen molar-refractivity contribution in [1.29, 1.82) is 0 Å². The summed E-state index contributed by atoms with van der Waals surface area (Å²) < 4.78 is 0. The molecule has 0 rings (SSSR count). The molecule has 0 fully saturated rings. The monoisotopic (exact) mass is 143 g/mol. The molecule has 0 aromatic heterocycles. The van der Waals surface area contributed by atoms with Gasteiger partial charge in [0.15, 0.2) is 0 Å². The van der Waals surface area contributed by atoms with Gasteiger partial charge in [-0.15, -0.1) is 0 Å². The summed E-state index contributed by atoms with van der Waals surface area (Å²) in [5.41, 5.74) is 0. The van der Waals surface area contributed by atoms with Gasteiger partial charge in [-0.3, -0.25) is 0 Å². The maximum absolute atomic E-state index is 8.53. The molecule has 0 heterocycles. The van der Waals surface area contributed by atoms with Gasteiger partial charge in [0, 0.05) is 6.61 Å². The Morgan fingerprint density at radius 1 is 1.50 bits per heavy atom. The van der Waals surface area contributed by atoms with Crippen molar-refractivity contribution in [3.05, 3.63) is 6.42 Å². The van der Waals surface area contributed by atoms with Gasteiger partial charge in [0.1, 0.15) is 0 Å². The Morgan fingerprint density at radius 3 is 2.70 bits per heavy atom. The Morgan fingerprint density at radius 2 is 2.20 bits per heavy atom. The highest BCUT2D eigenvalue weighted by atomic mass is 16.2. The molecule has 1 N–H and O–H groups in total. The summed E-state index contributed by atoms with van der Waals surface area (Å²) in [6.07, 6.45) is 6.80. The van der Waals surface area contributed by atoms with Gasteiger partial charge in [0.2, 0.25) is 0 Å². The fourth-order valence-electron chi connectivity index (χ4n) is 1.01. The minimum absolute atomic E-state index is 0.344. The van der Waals surface area contributed by atoms with E-state index in [0.717, 1.165) is 18.8 Å². The van der Waals surface area contributed by atoms with Gasteiger partial charge in [-0.05, 0) is 31.6 Å². The highest BCUT2D eigenvalue weighted by Gasteiger charge is 1.99. The average molecular weight is 143 g/mol. The van der Waals surface area contributed by atoms with E-state index in [-0.39, 0.29) is 0 Å². The van der Waals surface area contributed by atoms with Crippen molar-refractivity contribution in [3.63, 3.8) is 0 Å². The molecule has 0 spiro atoms. The van der Waals surface area contributed by atoms with Gasteiger partial charge in [-0.2, -0.15) is 0 Å². The summed E-state index contributed by atoms with van der Waals surface area (Å²) in [5, 5.41) is 8.53. The van der Waals surface area contributed by atoms with Gasteiger partial charge in [-0.25, -0.2) is 0 Å².